The minimum absolute atomic E-state index is 0.115. The van der Waals surface area contributed by atoms with Gasteiger partial charge in [-0.05, 0) is 24.5 Å². The van der Waals surface area contributed by atoms with Gasteiger partial charge in [0.2, 0.25) is 0 Å². The van der Waals surface area contributed by atoms with Crippen LogP contribution in [0.4, 0.5) is 11.5 Å². The normalized spacial score (nSPS) is 12.4. The number of nitrogens with zero attached hydrogens (tertiary/aromatic N) is 2. The van der Waals surface area contributed by atoms with Crippen molar-refractivity contribution in [3.8, 4) is 0 Å². The van der Waals surface area contributed by atoms with Crippen LogP contribution in [0.5, 0.6) is 0 Å². The highest BCUT2D eigenvalue weighted by Crippen LogP contribution is 2.22. The lowest BCUT2D eigenvalue weighted by molar-refractivity contribution is 0.510. The van der Waals surface area contributed by atoms with Crippen LogP contribution in [-0.4, -0.2) is 9.55 Å². The Balaban J connectivity index is 2.35. The van der Waals surface area contributed by atoms with Crippen LogP contribution in [-0.2, 0) is 6.54 Å². The van der Waals surface area contributed by atoms with Crippen molar-refractivity contribution in [3.05, 3.63) is 52.6 Å². The molecule has 0 amide bonds. The van der Waals surface area contributed by atoms with E-state index in [9.17, 15) is 4.79 Å². The lowest BCUT2D eigenvalue weighted by atomic mass is 10.1. The number of anilines is 2. The molecule has 0 spiro atoms. The van der Waals surface area contributed by atoms with Crippen molar-refractivity contribution in [1.29, 1.82) is 0 Å². The standard InChI is InChI=1S/C16H22N4O/c1-11(2)10-20-9-8-18-15(16(20)21)19-14-7-5-4-6-13(14)12(3)17/h4-9,11-12H,10,17H2,1-3H3,(H,18,19). The van der Waals surface area contributed by atoms with E-state index in [2.05, 4.69) is 24.1 Å². The van der Waals surface area contributed by atoms with Gasteiger partial charge in [0.25, 0.3) is 5.56 Å². The molecule has 21 heavy (non-hydrogen) atoms. The van der Waals surface area contributed by atoms with Crippen LogP contribution in [0.25, 0.3) is 0 Å². The average Bonchev–Trinajstić information content (AvgIpc) is 2.43. The molecule has 0 saturated carbocycles. The lowest BCUT2D eigenvalue weighted by Gasteiger charge is -2.15. The average molecular weight is 286 g/mol. The molecule has 1 atom stereocenters. The van der Waals surface area contributed by atoms with Crippen molar-refractivity contribution >= 4 is 11.5 Å². The van der Waals surface area contributed by atoms with E-state index in [0.717, 1.165) is 11.3 Å². The Labute approximate surface area is 124 Å². The fraction of sp³-hybridized carbons (Fsp3) is 0.375. The number of aromatic nitrogens is 2. The van der Waals surface area contributed by atoms with Crippen LogP contribution in [0.2, 0.25) is 0 Å². The summed E-state index contributed by atoms with van der Waals surface area (Å²) in [6, 6.07) is 7.57. The van der Waals surface area contributed by atoms with E-state index in [0.29, 0.717) is 18.3 Å². The van der Waals surface area contributed by atoms with E-state index in [-0.39, 0.29) is 11.6 Å². The minimum atomic E-state index is -0.120. The Morgan fingerprint density at radius 1 is 1.29 bits per heavy atom. The van der Waals surface area contributed by atoms with Gasteiger partial charge in [-0.25, -0.2) is 4.98 Å². The molecule has 1 aromatic carbocycles. The number of nitrogens with one attached hydrogen (secondary N) is 1. The summed E-state index contributed by atoms with van der Waals surface area (Å²) in [7, 11) is 0. The number of para-hydroxylation sites is 1. The third kappa shape index (κ3) is 3.70. The van der Waals surface area contributed by atoms with E-state index in [1.165, 1.54) is 0 Å². The Morgan fingerprint density at radius 3 is 2.67 bits per heavy atom. The molecule has 1 unspecified atom stereocenters. The largest absolute Gasteiger partial charge is 0.335 e. The molecule has 112 valence electrons. The highest BCUT2D eigenvalue weighted by Gasteiger charge is 2.10. The Morgan fingerprint density at radius 2 is 2.00 bits per heavy atom. The molecule has 0 saturated heterocycles. The van der Waals surface area contributed by atoms with Crippen molar-refractivity contribution in [2.24, 2.45) is 11.7 Å². The molecule has 0 aliphatic carbocycles. The SMILES string of the molecule is CC(C)Cn1ccnc(Nc2ccccc2C(C)N)c1=O. The smallest absolute Gasteiger partial charge is 0.293 e. The van der Waals surface area contributed by atoms with E-state index >= 15 is 0 Å². The highest BCUT2D eigenvalue weighted by molar-refractivity contribution is 5.60. The van der Waals surface area contributed by atoms with Crippen LogP contribution < -0.4 is 16.6 Å². The van der Waals surface area contributed by atoms with E-state index < -0.39 is 0 Å². The van der Waals surface area contributed by atoms with Crippen molar-refractivity contribution in [3.63, 3.8) is 0 Å². The monoisotopic (exact) mass is 286 g/mol. The summed E-state index contributed by atoms with van der Waals surface area (Å²) >= 11 is 0. The molecule has 2 rings (SSSR count). The van der Waals surface area contributed by atoms with Crippen LogP contribution >= 0.6 is 0 Å². The number of nitrogens with two attached hydrogens (primary N) is 1. The zero-order chi connectivity index (χ0) is 15.4. The molecule has 1 heterocycles. The van der Waals surface area contributed by atoms with Gasteiger partial charge >= 0.3 is 0 Å². The van der Waals surface area contributed by atoms with Crippen LogP contribution in [0.1, 0.15) is 32.4 Å². The zero-order valence-electron chi connectivity index (χ0n) is 12.7. The predicted octanol–water partition coefficient (Wildman–Crippen LogP) is 2.66. The van der Waals surface area contributed by atoms with Gasteiger partial charge in [-0.3, -0.25) is 4.79 Å². The fourth-order valence-electron chi connectivity index (χ4n) is 2.21. The molecule has 0 fully saturated rings. The summed E-state index contributed by atoms with van der Waals surface area (Å²) in [5.41, 5.74) is 7.61. The number of hydrogen-bond acceptors (Lipinski definition) is 4. The second-order valence-corrected chi connectivity index (χ2v) is 5.63. The third-order valence-corrected chi connectivity index (χ3v) is 3.18. The van der Waals surface area contributed by atoms with Gasteiger partial charge in [-0.2, -0.15) is 0 Å². The second kappa shape index (κ2) is 6.54. The summed E-state index contributed by atoms with van der Waals surface area (Å²) in [6.45, 7) is 6.73. The van der Waals surface area contributed by atoms with Crippen LogP contribution in [0.15, 0.2) is 41.5 Å². The van der Waals surface area contributed by atoms with Crippen molar-refractivity contribution < 1.29 is 0 Å². The number of hydrogen-bond donors (Lipinski definition) is 2. The Bertz CT molecular complexity index is 661. The molecule has 5 heteroatoms. The van der Waals surface area contributed by atoms with E-state index in [4.69, 9.17) is 5.73 Å². The Kier molecular flexibility index (Phi) is 4.75. The molecule has 0 aliphatic rings. The lowest BCUT2D eigenvalue weighted by Crippen LogP contribution is -2.25. The summed E-state index contributed by atoms with van der Waals surface area (Å²) in [5.74, 6) is 0.723. The highest BCUT2D eigenvalue weighted by atomic mass is 16.1. The van der Waals surface area contributed by atoms with Crippen LogP contribution in [0.3, 0.4) is 0 Å². The van der Waals surface area contributed by atoms with E-state index in [1.807, 2.05) is 31.2 Å². The molecule has 5 nitrogen and oxygen atoms in total. The van der Waals surface area contributed by atoms with Crippen molar-refractivity contribution in [2.45, 2.75) is 33.4 Å². The van der Waals surface area contributed by atoms with E-state index in [1.54, 1.807) is 17.0 Å². The van der Waals surface area contributed by atoms with Gasteiger partial charge in [0.1, 0.15) is 0 Å². The first-order valence-electron chi connectivity index (χ1n) is 7.16. The molecular formula is C16H22N4O. The molecule has 0 radical (unpaired) electrons. The Hall–Kier alpha value is -2.14. The summed E-state index contributed by atoms with van der Waals surface area (Å²) in [4.78, 5) is 16.6. The van der Waals surface area contributed by atoms with Crippen LogP contribution in [0, 0.1) is 5.92 Å². The summed E-state index contributed by atoms with van der Waals surface area (Å²) < 4.78 is 1.68. The predicted molar refractivity (Wildman–Crippen MR) is 85.7 cm³/mol. The molecule has 0 bridgehead atoms. The quantitative estimate of drug-likeness (QED) is 0.886. The molecular weight excluding hydrogens is 264 g/mol. The van der Waals surface area contributed by atoms with Gasteiger partial charge in [0.15, 0.2) is 5.82 Å². The summed E-state index contributed by atoms with van der Waals surface area (Å²) in [6.07, 6.45) is 3.35. The van der Waals surface area contributed by atoms with Gasteiger partial charge < -0.3 is 15.6 Å². The van der Waals surface area contributed by atoms with Gasteiger partial charge in [-0.15, -0.1) is 0 Å². The zero-order valence-corrected chi connectivity index (χ0v) is 12.7. The summed E-state index contributed by atoms with van der Waals surface area (Å²) in [5, 5.41) is 3.11. The minimum Gasteiger partial charge on any atom is -0.335 e. The number of rotatable bonds is 5. The maximum atomic E-state index is 12.4. The van der Waals surface area contributed by atoms with Gasteiger partial charge in [-0.1, -0.05) is 32.0 Å². The van der Waals surface area contributed by atoms with Crippen molar-refractivity contribution in [2.75, 3.05) is 5.32 Å². The van der Waals surface area contributed by atoms with Gasteiger partial charge in [0, 0.05) is 30.7 Å². The second-order valence-electron chi connectivity index (χ2n) is 5.63. The fourth-order valence-corrected chi connectivity index (χ4v) is 2.21. The van der Waals surface area contributed by atoms with Gasteiger partial charge in [0.05, 0.1) is 0 Å². The number of benzene rings is 1. The maximum Gasteiger partial charge on any atom is 0.293 e. The van der Waals surface area contributed by atoms with Crippen molar-refractivity contribution in [1.82, 2.24) is 9.55 Å². The maximum absolute atomic E-state index is 12.4. The first-order valence-corrected chi connectivity index (χ1v) is 7.16. The molecule has 1 aromatic heterocycles. The third-order valence-electron chi connectivity index (χ3n) is 3.18. The first kappa shape index (κ1) is 15.3. The molecule has 3 N–H and O–H groups in total. The first-order chi connectivity index (χ1) is 9.99. The molecule has 2 aromatic rings. The topological polar surface area (TPSA) is 72.9 Å². The molecule has 0 aliphatic heterocycles.